The van der Waals surface area contributed by atoms with Crippen LogP contribution in [0.25, 0.3) is 0 Å². The molecule has 8 nitrogen and oxygen atoms in total. The average Bonchev–Trinajstić information content (AvgIpc) is 2.27. The predicted octanol–water partition coefficient (Wildman–Crippen LogP) is -1.31. The second-order valence-corrected chi connectivity index (χ2v) is 5.92. The Kier molecular flexibility index (Phi) is 5.66. The van der Waals surface area contributed by atoms with Gasteiger partial charge in [0.15, 0.2) is 0 Å². The van der Waals surface area contributed by atoms with E-state index >= 15 is 0 Å². The molecule has 0 saturated heterocycles. The first-order valence-corrected chi connectivity index (χ1v) is 7.31. The summed E-state index contributed by atoms with van der Waals surface area (Å²) in [5, 5.41) is 20.8. The van der Waals surface area contributed by atoms with Crippen LogP contribution < -0.4 is 5.32 Å². The van der Waals surface area contributed by atoms with E-state index in [4.69, 9.17) is 19.6 Å². The molecule has 9 heteroatoms. The summed E-state index contributed by atoms with van der Waals surface area (Å²) < 4.78 is 16.4. The maximum Gasteiger partial charge on any atom is 0.352 e. The number of aliphatic hydroxyl groups is 2. The van der Waals surface area contributed by atoms with Gasteiger partial charge in [-0.1, -0.05) is 0 Å². The van der Waals surface area contributed by atoms with Gasteiger partial charge in [0.25, 0.3) is 0 Å². The molecule has 0 spiro atoms. The number of hydrogen-bond acceptors (Lipinski definition) is 5. The zero-order chi connectivity index (χ0) is 14.6. The van der Waals surface area contributed by atoms with Gasteiger partial charge in [-0.15, -0.1) is 0 Å². The molecule has 0 aromatic carbocycles. The highest BCUT2D eigenvalue weighted by Crippen LogP contribution is 2.49. The molecule has 3 atom stereocenters. The van der Waals surface area contributed by atoms with Crippen molar-refractivity contribution in [3.8, 4) is 0 Å². The van der Waals surface area contributed by atoms with Crippen molar-refractivity contribution in [1.82, 2.24) is 5.32 Å². The molecule has 0 radical (unpaired) electrons. The minimum Gasteiger partial charge on any atom is -0.394 e. The lowest BCUT2D eigenvalue weighted by atomic mass is 9.95. The summed E-state index contributed by atoms with van der Waals surface area (Å²) >= 11 is 0. The molecule has 1 aliphatic carbocycles. The molecule has 0 unspecified atom stereocenters. The van der Waals surface area contributed by atoms with E-state index < -0.39 is 31.8 Å². The number of nitrogens with one attached hydrogen (secondary N) is 1. The maximum atomic E-state index is 11.2. The van der Waals surface area contributed by atoms with E-state index in [1.165, 1.54) is 6.92 Å². The normalized spacial score (nSPS) is 27.8. The molecule has 0 aromatic rings. The van der Waals surface area contributed by atoms with E-state index in [-0.39, 0.29) is 24.9 Å². The molecule has 0 aliphatic heterocycles. The lowest BCUT2D eigenvalue weighted by Crippen LogP contribution is -2.52. The Balaban J connectivity index is 2.92. The molecule has 0 saturated carbocycles. The van der Waals surface area contributed by atoms with Crippen LogP contribution in [0.2, 0.25) is 0 Å². The molecule has 1 rings (SSSR count). The third-order valence-electron chi connectivity index (χ3n) is 2.71. The smallest absolute Gasteiger partial charge is 0.352 e. The Morgan fingerprint density at radius 2 is 2.21 bits per heavy atom. The van der Waals surface area contributed by atoms with Gasteiger partial charge >= 0.3 is 7.60 Å². The minimum atomic E-state index is -4.46. The fraction of sp³-hybridized carbons (Fsp3) is 0.700. The fourth-order valence-corrected chi connectivity index (χ4v) is 2.68. The Morgan fingerprint density at radius 1 is 1.58 bits per heavy atom. The highest BCUT2D eigenvalue weighted by molar-refractivity contribution is 7.56. The van der Waals surface area contributed by atoms with E-state index in [2.05, 4.69) is 5.32 Å². The Labute approximate surface area is 110 Å². The number of hydrogen-bond donors (Lipinski definition) is 5. The predicted molar refractivity (Wildman–Crippen MR) is 65.2 cm³/mol. The van der Waals surface area contributed by atoms with Crippen molar-refractivity contribution in [2.75, 3.05) is 13.2 Å². The lowest BCUT2D eigenvalue weighted by Gasteiger charge is -2.34. The summed E-state index contributed by atoms with van der Waals surface area (Å²) in [4.78, 5) is 29.3. The molecule has 0 bridgehead atoms. The number of amides is 1. The molecule has 0 aromatic heterocycles. The van der Waals surface area contributed by atoms with Gasteiger partial charge in [0.2, 0.25) is 5.91 Å². The van der Waals surface area contributed by atoms with E-state index in [0.717, 1.165) is 6.08 Å². The van der Waals surface area contributed by atoms with Crippen molar-refractivity contribution in [3.05, 3.63) is 11.4 Å². The van der Waals surface area contributed by atoms with Gasteiger partial charge in [-0.2, -0.15) is 0 Å². The summed E-state index contributed by atoms with van der Waals surface area (Å²) in [5.74, 6) is -0.394. The third kappa shape index (κ3) is 4.68. The highest BCUT2D eigenvalue weighted by atomic mass is 31.2. The first-order valence-electron chi connectivity index (χ1n) is 5.70. The Bertz CT molecular complexity index is 405. The number of aliphatic hydroxyl groups excluding tert-OH is 2. The molecule has 1 aliphatic rings. The van der Waals surface area contributed by atoms with Crippen LogP contribution in [-0.2, 0) is 14.1 Å². The lowest BCUT2D eigenvalue weighted by molar-refractivity contribution is -0.122. The topological polar surface area (TPSA) is 136 Å². The van der Waals surface area contributed by atoms with Gasteiger partial charge < -0.3 is 30.1 Å². The van der Waals surface area contributed by atoms with Gasteiger partial charge in [-0.3, -0.25) is 9.36 Å². The largest absolute Gasteiger partial charge is 0.394 e. The Hall–Kier alpha value is -0.760. The monoisotopic (exact) mass is 295 g/mol. The molecule has 0 heterocycles. The van der Waals surface area contributed by atoms with Crippen molar-refractivity contribution in [1.29, 1.82) is 0 Å². The van der Waals surface area contributed by atoms with Crippen LogP contribution in [0, 0.1) is 0 Å². The molecular weight excluding hydrogens is 277 g/mol. The third-order valence-corrected chi connectivity index (χ3v) is 3.79. The molecule has 0 fully saturated rings. The van der Waals surface area contributed by atoms with Crippen LogP contribution >= 0.6 is 7.60 Å². The van der Waals surface area contributed by atoms with Gasteiger partial charge in [0, 0.05) is 18.7 Å². The maximum absolute atomic E-state index is 11.2. The van der Waals surface area contributed by atoms with Crippen LogP contribution in [-0.4, -0.2) is 57.4 Å². The summed E-state index contributed by atoms with van der Waals surface area (Å²) in [7, 11) is -4.46. The summed E-state index contributed by atoms with van der Waals surface area (Å²) in [6, 6.07) is -0.806. The quantitative estimate of drug-likeness (QED) is 0.397. The first-order chi connectivity index (χ1) is 8.75. The van der Waals surface area contributed by atoms with E-state index in [1.807, 2.05) is 0 Å². The molecule has 19 heavy (non-hydrogen) atoms. The van der Waals surface area contributed by atoms with Crippen molar-refractivity contribution >= 4 is 13.5 Å². The molecule has 1 amide bonds. The second-order valence-electron chi connectivity index (χ2n) is 4.26. The Morgan fingerprint density at radius 3 is 2.68 bits per heavy atom. The average molecular weight is 295 g/mol. The van der Waals surface area contributed by atoms with E-state index in [0.29, 0.717) is 0 Å². The van der Waals surface area contributed by atoms with Crippen LogP contribution in [0.5, 0.6) is 0 Å². The van der Waals surface area contributed by atoms with Gasteiger partial charge in [-0.05, 0) is 6.08 Å². The second kappa shape index (κ2) is 6.60. The SMILES string of the molecule is CC(=O)N[C@@H]1[C@H](O)C=C(P(=O)(O)O)C[C@H]1OCCO. The molecule has 110 valence electrons. The van der Waals surface area contributed by atoms with Crippen LogP contribution in [0.3, 0.4) is 0 Å². The van der Waals surface area contributed by atoms with Gasteiger partial charge in [-0.25, -0.2) is 0 Å². The number of rotatable bonds is 5. The zero-order valence-corrected chi connectivity index (χ0v) is 11.3. The highest BCUT2D eigenvalue weighted by Gasteiger charge is 2.38. The summed E-state index contributed by atoms with van der Waals surface area (Å²) in [6.07, 6.45) is -1.14. The minimum absolute atomic E-state index is 0.0537. The van der Waals surface area contributed by atoms with Gasteiger partial charge in [0.05, 0.1) is 31.5 Å². The summed E-state index contributed by atoms with van der Waals surface area (Å²) in [5.41, 5.74) is 0. The number of ether oxygens (including phenoxy) is 1. The molecular formula is C10H18NO7P. The summed E-state index contributed by atoms with van der Waals surface area (Å²) in [6.45, 7) is 0.939. The van der Waals surface area contributed by atoms with Crippen LogP contribution in [0.1, 0.15) is 13.3 Å². The number of carbonyl (C=O) groups is 1. The fourth-order valence-electron chi connectivity index (χ4n) is 1.92. The number of carbonyl (C=O) groups excluding carboxylic acids is 1. The van der Waals surface area contributed by atoms with Crippen LogP contribution in [0.4, 0.5) is 0 Å². The molecule has 5 N–H and O–H groups in total. The van der Waals surface area contributed by atoms with Gasteiger partial charge in [0.1, 0.15) is 0 Å². The first kappa shape index (κ1) is 16.3. The van der Waals surface area contributed by atoms with E-state index in [1.54, 1.807) is 0 Å². The van der Waals surface area contributed by atoms with Crippen molar-refractivity contribution in [3.63, 3.8) is 0 Å². The van der Waals surface area contributed by atoms with Crippen LogP contribution in [0.15, 0.2) is 11.4 Å². The standard InChI is InChI=1S/C10H18NO7P/c1-6(13)11-10-8(14)4-7(19(15,16)17)5-9(10)18-3-2-12/h4,8-10,12,14H,2-3,5H2,1H3,(H,11,13)(H2,15,16,17)/t8-,9-,10-/m1/s1. The van der Waals surface area contributed by atoms with Crippen molar-refractivity contribution in [2.24, 2.45) is 0 Å². The van der Waals surface area contributed by atoms with Crippen molar-refractivity contribution < 1.29 is 34.1 Å². The zero-order valence-electron chi connectivity index (χ0n) is 10.4. The van der Waals surface area contributed by atoms with E-state index in [9.17, 15) is 14.5 Å². The van der Waals surface area contributed by atoms with Crippen molar-refractivity contribution in [2.45, 2.75) is 31.6 Å².